The van der Waals surface area contributed by atoms with Crippen LogP contribution in [0.4, 0.5) is 16.0 Å². The average molecular weight is 337 g/mol. The van der Waals surface area contributed by atoms with Crippen molar-refractivity contribution in [3.63, 3.8) is 0 Å². The molecule has 0 aliphatic rings. The van der Waals surface area contributed by atoms with E-state index in [1.54, 1.807) is 0 Å². The Morgan fingerprint density at radius 3 is 2.87 bits per heavy atom. The normalized spacial score (nSPS) is 10.4. The monoisotopic (exact) mass is 336 g/mol. The molecule has 0 saturated heterocycles. The SMILES string of the molecule is CCCCCNC(=O)c1ccnc(Nc2ccc(F)c(Cl)c2)n1. The molecular weight excluding hydrogens is 319 g/mol. The first-order valence-corrected chi connectivity index (χ1v) is 7.81. The van der Waals surface area contributed by atoms with E-state index in [0.717, 1.165) is 19.3 Å². The van der Waals surface area contributed by atoms with Gasteiger partial charge >= 0.3 is 0 Å². The summed E-state index contributed by atoms with van der Waals surface area (Å²) < 4.78 is 13.1. The van der Waals surface area contributed by atoms with Crippen LogP contribution in [-0.2, 0) is 0 Å². The van der Waals surface area contributed by atoms with Crippen molar-refractivity contribution in [2.45, 2.75) is 26.2 Å². The highest BCUT2D eigenvalue weighted by Gasteiger charge is 2.09. The summed E-state index contributed by atoms with van der Waals surface area (Å²) in [4.78, 5) is 20.2. The lowest BCUT2D eigenvalue weighted by Crippen LogP contribution is -2.25. The minimum absolute atomic E-state index is 0.000165. The lowest BCUT2D eigenvalue weighted by molar-refractivity contribution is 0.0948. The molecule has 0 aliphatic carbocycles. The number of carbonyl (C=O) groups is 1. The number of nitrogens with one attached hydrogen (secondary N) is 2. The quantitative estimate of drug-likeness (QED) is 0.752. The predicted molar refractivity (Wildman–Crippen MR) is 88.6 cm³/mol. The molecule has 2 N–H and O–H groups in total. The topological polar surface area (TPSA) is 66.9 Å². The molecule has 1 aromatic carbocycles. The summed E-state index contributed by atoms with van der Waals surface area (Å²) in [5.41, 5.74) is 0.809. The summed E-state index contributed by atoms with van der Waals surface area (Å²) in [6.45, 7) is 2.72. The lowest BCUT2D eigenvalue weighted by atomic mass is 10.2. The lowest BCUT2D eigenvalue weighted by Gasteiger charge is -2.08. The van der Waals surface area contributed by atoms with Gasteiger partial charge in [0.15, 0.2) is 0 Å². The highest BCUT2D eigenvalue weighted by molar-refractivity contribution is 6.31. The zero-order valence-electron chi connectivity index (χ0n) is 12.8. The van der Waals surface area contributed by atoms with E-state index in [1.165, 1.54) is 30.5 Å². The summed E-state index contributed by atoms with van der Waals surface area (Å²) in [7, 11) is 0. The minimum Gasteiger partial charge on any atom is -0.351 e. The molecular formula is C16H18ClFN4O. The minimum atomic E-state index is -0.502. The predicted octanol–water partition coefficient (Wildman–Crippen LogP) is 3.93. The first-order valence-electron chi connectivity index (χ1n) is 7.43. The van der Waals surface area contributed by atoms with Gasteiger partial charge in [0, 0.05) is 18.4 Å². The Labute approximate surface area is 139 Å². The first-order chi connectivity index (χ1) is 11.1. The number of carbonyl (C=O) groups excluding carboxylic acids is 1. The highest BCUT2D eigenvalue weighted by atomic mass is 35.5. The third kappa shape index (κ3) is 5.17. The molecule has 0 aliphatic heterocycles. The molecule has 7 heteroatoms. The number of nitrogens with zero attached hydrogens (tertiary/aromatic N) is 2. The number of aromatic nitrogens is 2. The molecule has 0 spiro atoms. The largest absolute Gasteiger partial charge is 0.351 e. The number of rotatable bonds is 7. The van der Waals surface area contributed by atoms with E-state index in [4.69, 9.17) is 11.6 Å². The molecule has 122 valence electrons. The van der Waals surface area contributed by atoms with Gasteiger partial charge in [-0.25, -0.2) is 14.4 Å². The molecule has 0 bridgehead atoms. The number of benzene rings is 1. The van der Waals surface area contributed by atoms with Gasteiger partial charge in [0.2, 0.25) is 5.95 Å². The van der Waals surface area contributed by atoms with Gasteiger partial charge in [-0.3, -0.25) is 4.79 Å². The second kappa shape index (κ2) is 8.43. The second-order valence-electron chi connectivity index (χ2n) is 4.98. The fraction of sp³-hybridized carbons (Fsp3) is 0.312. The van der Waals surface area contributed by atoms with Crippen molar-refractivity contribution < 1.29 is 9.18 Å². The number of amides is 1. The summed E-state index contributed by atoms with van der Waals surface area (Å²) in [5.74, 6) is -0.504. The van der Waals surface area contributed by atoms with Crippen molar-refractivity contribution in [3.05, 3.63) is 47.0 Å². The van der Waals surface area contributed by atoms with E-state index in [2.05, 4.69) is 27.5 Å². The van der Waals surface area contributed by atoms with Gasteiger partial charge in [-0.1, -0.05) is 31.4 Å². The molecule has 5 nitrogen and oxygen atoms in total. The van der Waals surface area contributed by atoms with Crippen LogP contribution >= 0.6 is 11.6 Å². The van der Waals surface area contributed by atoms with Gasteiger partial charge in [-0.05, 0) is 30.7 Å². The summed E-state index contributed by atoms with van der Waals surface area (Å²) in [5, 5.41) is 5.70. The Hall–Kier alpha value is -2.21. The average Bonchev–Trinajstić information content (AvgIpc) is 2.55. The summed E-state index contributed by atoms with van der Waals surface area (Å²) in [6.07, 6.45) is 4.59. The van der Waals surface area contributed by atoms with Crippen LogP contribution in [0.25, 0.3) is 0 Å². The number of hydrogen-bond acceptors (Lipinski definition) is 4. The van der Waals surface area contributed by atoms with E-state index < -0.39 is 5.82 Å². The molecule has 2 aromatic rings. The number of unbranched alkanes of at least 4 members (excludes halogenated alkanes) is 2. The Morgan fingerprint density at radius 2 is 2.13 bits per heavy atom. The van der Waals surface area contributed by atoms with Crippen molar-refractivity contribution in [2.75, 3.05) is 11.9 Å². The fourth-order valence-electron chi connectivity index (χ4n) is 1.92. The molecule has 0 saturated carbocycles. The van der Waals surface area contributed by atoms with E-state index in [1.807, 2.05) is 0 Å². The van der Waals surface area contributed by atoms with Crippen LogP contribution in [0.3, 0.4) is 0 Å². The third-order valence-electron chi connectivity index (χ3n) is 3.13. The second-order valence-corrected chi connectivity index (χ2v) is 5.39. The van der Waals surface area contributed by atoms with Crippen LogP contribution in [-0.4, -0.2) is 22.4 Å². The number of halogens is 2. The maximum absolute atomic E-state index is 13.1. The van der Waals surface area contributed by atoms with Gasteiger partial charge < -0.3 is 10.6 Å². The van der Waals surface area contributed by atoms with Crippen molar-refractivity contribution in [1.82, 2.24) is 15.3 Å². The maximum atomic E-state index is 13.1. The summed E-state index contributed by atoms with van der Waals surface area (Å²) in [6, 6.07) is 5.73. The Bertz CT molecular complexity index is 681. The van der Waals surface area contributed by atoms with Gasteiger partial charge in [0.25, 0.3) is 5.91 Å². The van der Waals surface area contributed by atoms with Crippen molar-refractivity contribution in [2.24, 2.45) is 0 Å². The zero-order chi connectivity index (χ0) is 16.7. The molecule has 0 fully saturated rings. The number of anilines is 2. The van der Waals surface area contributed by atoms with Gasteiger partial charge in [0.05, 0.1) is 5.02 Å². The molecule has 23 heavy (non-hydrogen) atoms. The van der Waals surface area contributed by atoms with Crippen LogP contribution in [0.2, 0.25) is 5.02 Å². The van der Waals surface area contributed by atoms with Crippen LogP contribution in [0.5, 0.6) is 0 Å². The van der Waals surface area contributed by atoms with Crippen LogP contribution in [0.1, 0.15) is 36.7 Å². The molecule has 1 heterocycles. The van der Waals surface area contributed by atoms with Gasteiger partial charge in [-0.2, -0.15) is 0 Å². The van der Waals surface area contributed by atoms with E-state index in [9.17, 15) is 9.18 Å². The molecule has 2 rings (SSSR count). The van der Waals surface area contributed by atoms with E-state index >= 15 is 0 Å². The van der Waals surface area contributed by atoms with Gasteiger partial charge in [-0.15, -0.1) is 0 Å². The molecule has 0 atom stereocenters. The smallest absolute Gasteiger partial charge is 0.270 e. The molecule has 1 aromatic heterocycles. The molecule has 0 unspecified atom stereocenters. The van der Waals surface area contributed by atoms with Crippen molar-refractivity contribution in [3.8, 4) is 0 Å². The molecule has 0 radical (unpaired) electrons. The maximum Gasteiger partial charge on any atom is 0.270 e. The molecule has 1 amide bonds. The first kappa shape index (κ1) is 17.1. The number of hydrogen-bond donors (Lipinski definition) is 2. The third-order valence-corrected chi connectivity index (χ3v) is 3.42. The van der Waals surface area contributed by atoms with E-state index in [0.29, 0.717) is 12.2 Å². The summed E-state index contributed by atoms with van der Waals surface area (Å²) >= 11 is 5.72. The highest BCUT2D eigenvalue weighted by Crippen LogP contribution is 2.21. The van der Waals surface area contributed by atoms with Crippen molar-refractivity contribution >= 4 is 29.1 Å². The van der Waals surface area contributed by atoms with E-state index in [-0.39, 0.29) is 22.6 Å². The Balaban J connectivity index is 2.01. The fourth-order valence-corrected chi connectivity index (χ4v) is 2.10. The van der Waals surface area contributed by atoms with Crippen LogP contribution in [0.15, 0.2) is 30.5 Å². The van der Waals surface area contributed by atoms with Crippen molar-refractivity contribution in [1.29, 1.82) is 0 Å². The van der Waals surface area contributed by atoms with Crippen LogP contribution < -0.4 is 10.6 Å². The van der Waals surface area contributed by atoms with Gasteiger partial charge in [0.1, 0.15) is 11.5 Å². The standard InChI is InChI=1S/C16H18ClFN4O/c1-2-3-4-8-19-15(23)14-7-9-20-16(22-14)21-11-5-6-13(18)12(17)10-11/h5-7,9-10H,2-4,8H2,1H3,(H,19,23)(H,20,21,22). The Kier molecular flexibility index (Phi) is 6.29. The zero-order valence-corrected chi connectivity index (χ0v) is 13.5. The Morgan fingerprint density at radius 1 is 1.30 bits per heavy atom. The van der Waals surface area contributed by atoms with Crippen LogP contribution in [0, 0.1) is 5.82 Å².